The summed E-state index contributed by atoms with van der Waals surface area (Å²) in [6.07, 6.45) is 1.79. The molecule has 0 atom stereocenters. The van der Waals surface area contributed by atoms with Crippen LogP contribution in [0.3, 0.4) is 0 Å². The zero-order valence-corrected chi connectivity index (χ0v) is 11.1. The highest BCUT2D eigenvalue weighted by Crippen LogP contribution is 2.14. The molecule has 4 nitrogen and oxygen atoms in total. The molecule has 0 saturated heterocycles. The molecule has 0 spiro atoms. The van der Waals surface area contributed by atoms with Crippen LogP contribution in [0, 0.1) is 13.8 Å². The Morgan fingerprint density at radius 3 is 2.72 bits per heavy atom. The van der Waals surface area contributed by atoms with Crippen molar-refractivity contribution in [1.82, 2.24) is 20.3 Å². The Labute approximate surface area is 108 Å². The lowest BCUT2D eigenvalue weighted by molar-refractivity contribution is 0.707. The molecule has 2 aromatic rings. The van der Waals surface area contributed by atoms with Crippen molar-refractivity contribution in [2.24, 2.45) is 0 Å². The quantitative estimate of drug-likeness (QED) is 0.893. The highest BCUT2D eigenvalue weighted by atomic mass is 15.0. The Balaban J connectivity index is 2.35. The molecule has 0 radical (unpaired) electrons. The van der Waals surface area contributed by atoms with Gasteiger partial charge >= 0.3 is 0 Å². The molecule has 2 aromatic heterocycles. The zero-order valence-electron chi connectivity index (χ0n) is 11.1. The Kier molecular flexibility index (Phi) is 3.99. The summed E-state index contributed by atoms with van der Waals surface area (Å²) >= 11 is 0. The fourth-order valence-electron chi connectivity index (χ4n) is 1.75. The first-order chi connectivity index (χ1) is 8.69. The van der Waals surface area contributed by atoms with Crippen LogP contribution in [0.15, 0.2) is 24.4 Å². The molecule has 1 N–H and O–H groups in total. The van der Waals surface area contributed by atoms with Crippen LogP contribution in [0.1, 0.15) is 23.9 Å². The fourth-order valence-corrected chi connectivity index (χ4v) is 1.75. The van der Waals surface area contributed by atoms with E-state index in [-0.39, 0.29) is 0 Å². The summed E-state index contributed by atoms with van der Waals surface area (Å²) in [4.78, 5) is 13.3. The van der Waals surface area contributed by atoms with Gasteiger partial charge in [0.1, 0.15) is 5.69 Å². The third-order valence-corrected chi connectivity index (χ3v) is 2.61. The molecule has 0 fully saturated rings. The van der Waals surface area contributed by atoms with Crippen LogP contribution in [-0.4, -0.2) is 21.5 Å². The van der Waals surface area contributed by atoms with Crippen molar-refractivity contribution in [2.45, 2.75) is 27.3 Å². The van der Waals surface area contributed by atoms with Gasteiger partial charge in [-0.3, -0.25) is 4.98 Å². The first-order valence-electron chi connectivity index (χ1n) is 6.17. The van der Waals surface area contributed by atoms with Crippen LogP contribution in [-0.2, 0) is 6.54 Å². The summed E-state index contributed by atoms with van der Waals surface area (Å²) in [5.74, 6) is 0.701. The summed E-state index contributed by atoms with van der Waals surface area (Å²) in [6, 6.07) is 5.98. The number of aryl methyl sites for hydroxylation is 2. The van der Waals surface area contributed by atoms with Gasteiger partial charge in [-0.15, -0.1) is 0 Å². The van der Waals surface area contributed by atoms with Gasteiger partial charge in [-0.25, -0.2) is 9.97 Å². The molecule has 2 heterocycles. The average molecular weight is 242 g/mol. The van der Waals surface area contributed by atoms with Crippen LogP contribution in [0.2, 0.25) is 0 Å². The predicted octanol–water partition coefficient (Wildman–Crippen LogP) is 2.26. The zero-order chi connectivity index (χ0) is 13.0. The number of aromatic nitrogens is 3. The number of hydrogen-bond acceptors (Lipinski definition) is 4. The maximum absolute atomic E-state index is 4.55. The van der Waals surface area contributed by atoms with Gasteiger partial charge in [0, 0.05) is 18.4 Å². The monoisotopic (exact) mass is 242 g/mol. The van der Waals surface area contributed by atoms with Gasteiger partial charge in [-0.2, -0.15) is 0 Å². The van der Waals surface area contributed by atoms with Crippen molar-refractivity contribution >= 4 is 0 Å². The Morgan fingerprint density at radius 1 is 1.17 bits per heavy atom. The SMILES string of the molecule is CCNCc1cc(C)nc(-c2cc(C)ccn2)n1. The first-order valence-corrected chi connectivity index (χ1v) is 6.17. The van der Waals surface area contributed by atoms with E-state index in [1.807, 2.05) is 32.0 Å². The average Bonchev–Trinajstić information content (AvgIpc) is 2.36. The van der Waals surface area contributed by atoms with Crippen molar-refractivity contribution in [3.05, 3.63) is 41.3 Å². The van der Waals surface area contributed by atoms with Crippen LogP contribution >= 0.6 is 0 Å². The third kappa shape index (κ3) is 3.11. The molecule has 94 valence electrons. The standard InChI is InChI=1S/C14H18N4/c1-4-15-9-12-8-11(3)17-14(18-12)13-7-10(2)5-6-16-13/h5-8,15H,4,9H2,1-3H3. The van der Waals surface area contributed by atoms with E-state index in [2.05, 4.69) is 27.2 Å². The summed E-state index contributed by atoms with van der Waals surface area (Å²) in [6.45, 7) is 7.80. The Bertz CT molecular complexity index is 537. The van der Waals surface area contributed by atoms with Crippen molar-refractivity contribution in [3.63, 3.8) is 0 Å². The smallest absolute Gasteiger partial charge is 0.178 e. The van der Waals surface area contributed by atoms with E-state index < -0.39 is 0 Å². The minimum Gasteiger partial charge on any atom is -0.311 e. The lowest BCUT2D eigenvalue weighted by atomic mass is 10.2. The van der Waals surface area contributed by atoms with E-state index in [9.17, 15) is 0 Å². The summed E-state index contributed by atoms with van der Waals surface area (Å²) in [5, 5.41) is 3.27. The molecular formula is C14H18N4. The normalized spacial score (nSPS) is 10.6. The topological polar surface area (TPSA) is 50.7 Å². The molecule has 0 amide bonds. The second kappa shape index (κ2) is 5.69. The van der Waals surface area contributed by atoms with E-state index in [0.29, 0.717) is 5.82 Å². The molecule has 0 aliphatic rings. The second-order valence-corrected chi connectivity index (χ2v) is 4.32. The van der Waals surface area contributed by atoms with Crippen molar-refractivity contribution in [1.29, 1.82) is 0 Å². The molecular weight excluding hydrogens is 224 g/mol. The van der Waals surface area contributed by atoms with Crippen molar-refractivity contribution in [2.75, 3.05) is 6.54 Å². The van der Waals surface area contributed by atoms with Crippen molar-refractivity contribution in [3.8, 4) is 11.5 Å². The van der Waals surface area contributed by atoms with E-state index >= 15 is 0 Å². The molecule has 0 aliphatic heterocycles. The largest absolute Gasteiger partial charge is 0.311 e. The Morgan fingerprint density at radius 2 is 2.00 bits per heavy atom. The molecule has 0 aliphatic carbocycles. The fraction of sp³-hybridized carbons (Fsp3) is 0.357. The lowest BCUT2D eigenvalue weighted by Gasteiger charge is -2.06. The molecule has 0 unspecified atom stereocenters. The number of hydrogen-bond donors (Lipinski definition) is 1. The maximum atomic E-state index is 4.55. The van der Waals surface area contributed by atoms with Gasteiger partial charge in [0.15, 0.2) is 5.82 Å². The van der Waals surface area contributed by atoms with Crippen LogP contribution in [0.4, 0.5) is 0 Å². The van der Waals surface area contributed by atoms with E-state index in [4.69, 9.17) is 0 Å². The van der Waals surface area contributed by atoms with Gasteiger partial charge in [0.05, 0.1) is 5.69 Å². The first kappa shape index (κ1) is 12.6. The highest BCUT2D eigenvalue weighted by Gasteiger charge is 2.06. The predicted molar refractivity (Wildman–Crippen MR) is 72.1 cm³/mol. The molecule has 18 heavy (non-hydrogen) atoms. The molecule has 0 aromatic carbocycles. The van der Waals surface area contributed by atoms with Crippen LogP contribution in [0.25, 0.3) is 11.5 Å². The number of pyridine rings is 1. The molecule has 0 bridgehead atoms. The van der Waals surface area contributed by atoms with Gasteiger partial charge < -0.3 is 5.32 Å². The van der Waals surface area contributed by atoms with Gasteiger partial charge in [0.25, 0.3) is 0 Å². The summed E-state index contributed by atoms with van der Waals surface area (Å²) in [7, 11) is 0. The molecule has 4 heteroatoms. The lowest BCUT2D eigenvalue weighted by Crippen LogP contribution is -2.14. The number of nitrogens with zero attached hydrogens (tertiary/aromatic N) is 3. The maximum Gasteiger partial charge on any atom is 0.178 e. The number of rotatable bonds is 4. The van der Waals surface area contributed by atoms with Gasteiger partial charge in [-0.05, 0) is 44.2 Å². The third-order valence-electron chi connectivity index (χ3n) is 2.61. The minimum absolute atomic E-state index is 0.701. The highest BCUT2D eigenvalue weighted by molar-refractivity contribution is 5.50. The molecule has 2 rings (SSSR count). The summed E-state index contributed by atoms with van der Waals surface area (Å²) < 4.78 is 0. The van der Waals surface area contributed by atoms with Crippen molar-refractivity contribution < 1.29 is 0 Å². The second-order valence-electron chi connectivity index (χ2n) is 4.32. The van der Waals surface area contributed by atoms with Gasteiger partial charge in [0.2, 0.25) is 0 Å². The Hall–Kier alpha value is -1.81. The van der Waals surface area contributed by atoms with E-state index in [0.717, 1.165) is 30.2 Å². The van der Waals surface area contributed by atoms with Crippen LogP contribution in [0.5, 0.6) is 0 Å². The van der Waals surface area contributed by atoms with E-state index in [1.54, 1.807) is 6.20 Å². The van der Waals surface area contributed by atoms with Gasteiger partial charge in [-0.1, -0.05) is 6.92 Å². The molecule has 0 saturated carbocycles. The van der Waals surface area contributed by atoms with E-state index in [1.165, 1.54) is 5.56 Å². The number of nitrogens with one attached hydrogen (secondary N) is 1. The summed E-state index contributed by atoms with van der Waals surface area (Å²) in [5.41, 5.74) is 3.97. The van der Waals surface area contributed by atoms with Crippen LogP contribution < -0.4 is 5.32 Å². The minimum atomic E-state index is 0.701.